The van der Waals surface area contributed by atoms with Crippen molar-refractivity contribution in [3.05, 3.63) is 64.7 Å². The van der Waals surface area contributed by atoms with Crippen molar-refractivity contribution in [3.63, 3.8) is 0 Å². The number of carbonyl (C=O) groups is 2. The standard InChI is InChI=1S/C27H31N3O2S/c1-16(2)30-23-12-9-19(13-21(23)18(4)15-27(30,5)6)14-22-24(31)28-26(33)29(25(22)32)20-10-7-17(3)8-11-20/h7-14,16,18H,15H2,1-6H3,(H,28,31,33)/b22-14+/t18-/m0/s1. The number of nitrogens with zero attached hydrogens (tertiary/aromatic N) is 2. The Balaban J connectivity index is 1.73. The third-order valence-corrected chi connectivity index (χ3v) is 6.81. The molecule has 5 nitrogen and oxygen atoms in total. The van der Waals surface area contributed by atoms with Crippen molar-refractivity contribution < 1.29 is 9.59 Å². The van der Waals surface area contributed by atoms with Gasteiger partial charge in [-0.15, -0.1) is 0 Å². The van der Waals surface area contributed by atoms with Crippen LogP contribution in [0.15, 0.2) is 48.0 Å². The van der Waals surface area contributed by atoms with Crippen LogP contribution in [0.1, 0.15) is 63.6 Å². The number of carbonyl (C=O) groups excluding carboxylic acids is 2. The van der Waals surface area contributed by atoms with Gasteiger partial charge in [0.1, 0.15) is 5.57 Å². The van der Waals surface area contributed by atoms with Gasteiger partial charge in [0.15, 0.2) is 5.11 Å². The molecule has 1 saturated heterocycles. The molecule has 6 heteroatoms. The average molecular weight is 462 g/mol. The van der Waals surface area contributed by atoms with Gasteiger partial charge in [0, 0.05) is 17.3 Å². The Morgan fingerprint density at radius 1 is 1.12 bits per heavy atom. The highest BCUT2D eigenvalue weighted by molar-refractivity contribution is 7.80. The molecule has 0 aliphatic carbocycles. The summed E-state index contributed by atoms with van der Waals surface area (Å²) in [6.07, 6.45) is 2.71. The van der Waals surface area contributed by atoms with Crippen molar-refractivity contribution in [2.75, 3.05) is 9.80 Å². The largest absolute Gasteiger partial charge is 0.364 e. The van der Waals surface area contributed by atoms with Crippen molar-refractivity contribution >= 4 is 46.6 Å². The zero-order valence-corrected chi connectivity index (χ0v) is 20.9. The topological polar surface area (TPSA) is 52.7 Å². The van der Waals surface area contributed by atoms with Crippen LogP contribution in [0.25, 0.3) is 6.08 Å². The summed E-state index contributed by atoms with van der Waals surface area (Å²) in [4.78, 5) is 29.9. The number of hydrogen-bond acceptors (Lipinski definition) is 4. The second-order valence-corrected chi connectivity index (χ2v) is 10.4. The normalized spacial score (nSPS) is 21.5. The lowest BCUT2D eigenvalue weighted by Crippen LogP contribution is -2.54. The molecule has 1 N–H and O–H groups in total. The van der Waals surface area contributed by atoms with Crippen LogP contribution in [0.2, 0.25) is 0 Å². The van der Waals surface area contributed by atoms with E-state index < -0.39 is 11.8 Å². The summed E-state index contributed by atoms with van der Waals surface area (Å²) in [7, 11) is 0. The van der Waals surface area contributed by atoms with E-state index in [0.29, 0.717) is 17.6 Å². The minimum Gasteiger partial charge on any atom is -0.364 e. The van der Waals surface area contributed by atoms with Gasteiger partial charge in [-0.05, 0) is 101 Å². The number of nitrogens with one attached hydrogen (secondary N) is 1. The monoisotopic (exact) mass is 461 g/mol. The van der Waals surface area contributed by atoms with E-state index in [4.69, 9.17) is 12.2 Å². The van der Waals surface area contributed by atoms with Crippen molar-refractivity contribution in [3.8, 4) is 0 Å². The van der Waals surface area contributed by atoms with Gasteiger partial charge in [-0.2, -0.15) is 0 Å². The summed E-state index contributed by atoms with van der Waals surface area (Å²) in [6.45, 7) is 13.2. The predicted octanol–water partition coefficient (Wildman–Crippen LogP) is 5.33. The molecule has 33 heavy (non-hydrogen) atoms. The van der Waals surface area contributed by atoms with E-state index in [1.807, 2.05) is 37.3 Å². The lowest BCUT2D eigenvalue weighted by molar-refractivity contribution is -0.122. The Morgan fingerprint density at radius 3 is 2.42 bits per heavy atom. The van der Waals surface area contributed by atoms with Gasteiger partial charge in [-0.25, -0.2) is 0 Å². The molecule has 2 aromatic rings. The molecule has 2 heterocycles. The molecular weight excluding hydrogens is 430 g/mol. The quantitative estimate of drug-likeness (QED) is 0.382. The Kier molecular flexibility index (Phi) is 5.91. The van der Waals surface area contributed by atoms with Crippen LogP contribution in [-0.2, 0) is 9.59 Å². The summed E-state index contributed by atoms with van der Waals surface area (Å²) >= 11 is 5.31. The molecule has 0 radical (unpaired) electrons. The minimum absolute atomic E-state index is 0.0595. The van der Waals surface area contributed by atoms with Gasteiger partial charge >= 0.3 is 0 Å². The molecule has 2 amide bonds. The molecule has 4 rings (SSSR count). The van der Waals surface area contributed by atoms with Crippen LogP contribution in [0, 0.1) is 6.92 Å². The molecule has 2 aromatic carbocycles. The Labute approximate surface area is 201 Å². The maximum absolute atomic E-state index is 13.3. The molecule has 1 atom stereocenters. The first-order valence-corrected chi connectivity index (χ1v) is 11.8. The number of fused-ring (bicyclic) bond motifs is 1. The summed E-state index contributed by atoms with van der Waals surface area (Å²) in [5.41, 5.74) is 5.15. The Hall–Kier alpha value is -2.99. The average Bonchev–Trinajstić information content (AvgIpc) is 2.71. The lowest BCUT2D eigenvalue weighted by atomic mass is 9.78. The molecular formula is C27H31N3O2S. The van der Waals surface area contributed by atoms with Crippen LogP contribution in [0.3, 0.4) is 0 Å². The van der Waals surface area contributed by atoms with Gasteiger partial charge < -0.3 is 4.90 Å². The third kappa shape index (κ3) is 4.20. The molecule has 2 aliphatic rings. The van der Waals surface area contributed by atoms with Crippen LogP contribution >= 0.6 is 12.2 Å². The van der Waals surface area contributed by atoms with Gasteiger partial charge in [0.2, 0.25) is 0 Å². The maximum Gasteiger partial charge on any atom is 0.270 e. The van der Waals surface area contributed by atoms with Gasteiger partial charge in [0.25, 0.3) is 11.8 Å². The Morgan fingerprint density at radius 2 is 1.79 bits per heavy atom. The molecule has 0 bridgehead atoms. The fourth-order valence-electron chi connectivity index (χ4n) is 5.29. The van der Waals surface area contributed by atoms with E-state index >= 15 is 0 Å². The van der Waals surface area contributed by atoms with E-state index in [9.17, 15) is 9.59 Å². The first kappa shape index (κ1) is 23.2. The smallest absolute Gasteiger partial charge is 0.270 e. The molecule has 0 saturated carbocycles. The van der Waals surface area contributed by atoms with Gasteiger partial charge in [-0.3, -0.25) is 19.8 Å². The summed E-state index contributed by atoms with van der Waals surface area (Å²) in [5, 5.41) is 2.77. The fourth-order valence-corrected chi connectivity index (χ4v) is 5.57. The highest BCUT2D eigenvalue weighted by Gasteiger charge is 2.38. The zero-order chi connectivity index (χ0) is 24.1. The SMILES string of the molecule is Cc1ccc(N2C(=O)/C(=C/c3ccc4c(c3)[C@@H](C)CC(C)(C)N4C(C)C)C(=O)NC2=S)cc1. The molecule has 0 spiro atoms. The second-order valence-electron chi connectivity index (χ2n) is 9.99. The summed E-state index contributed by atoms with van der Waals surface area (Å²) < 4.78 is 0. The van der Waals surface area contributed by atoms with E-state index in [2.05, 4.69) is 57.0 Å². The van der Waals surface area contributed by atoms with Crippen LogP contribution in [-0.4, -0.2) is 28.5 Å². The maximum atomic E-state index is 13.3. The van der Waals surface area contributed by atoms with Crippen molar-refractivity contribution in [1.82, 2.24) is 5.32 Å². The van der Waals surface area contributed by atoms with Gasteiger partial charge in [-0.1, -0.05) is 30.7 Å². The van der Waals surface area contributed by atoms with Crippen LogP contribution in [0.4, 0.5) is 11.4 Å². The molecule has 172 valence electrons. The van der Waals surface area contributed by atoms with Gasteiger partial charge in [0.05, 0.1) is 5.69 Å². The fraction of sp³-hybridized carbons (Fsp3) is 0.370. The molecule has 0 aromatic heterocycles. The van der Waals surface area contributed by atoms with E-state index in [0.717, 1.165) is 17.5 Å². The van der Waals surface area contributed by atoms with Crippen molar-refractivity contribution in [2.24, 2.45) is 0 Å². The predicted molar refractivity (Wildman–Crippen MR) is 139 cm³/mol. The molecule has 1 fully saturated rings. The van der Waals surface area contributed by atoms with E-state index in [1.54, 1.807) is 6.08 Å². The van der Waals surface area contributed by atoms with E-state index in [1.165, 1.54) is 16.2 Å². The number of benzene rings is 2. The number of anilines is 2. The highest BCUT2D eigenvalue weighted by atomic mass is 32.1. The Bertz CT molecular complexity index is 1160. The molecule has 0 unspecified atom stereocenters. The summed E-state index contributed by atoms with van der Waals surface area (Å²) in [5.74, 6) is -0.511. The van der Waals surface area contributed by atoms with Crippen LogP contribution < -0.4 is 15.1 Å². The molecule has 2 aliphatic heterocycles. The first-order valence-electron chi connectivity index (χ1n) is 11.4. The number of hydrogen-bond donors (Lipinski definition) is 1. The number of thiocarbonyl (C=S) groups is 1. The number of rotatable bonds is 3. The minimum atomic E-state index is -0.468. The van der Waals surface area contributed by atoms with Crippen molar-refractivity contribution in [1.29, 1.82) is 0 Å². The van der Waals surface area contributed by atoms with E-state index in [-0.39, 0.29) is 16.2 Å². The van der Waals surface area contributed by atoms with Crippen molar-refractivity contribution in [2.45, 2.75) is 65.5 Å². The third-order valence-electron chi connectivity index (χ3n) is 6.52. The number of amides is 2. The zero-order valence-electron chi connectivity index (χ0n) is 20.1. The summed E-state index contributed by atoms with van der Waals surface area (Å²) in [6, 6.07) is 14.1. The first-order chi connectivity index (χ1) is 15.5. The number of aryl methyl sites for hydroxylation is 1. The lowest BCUT2D eigenvalue weighted by Gasteiger charge is -2.50. The van der Waals surface area contributed by atoms with Crippen LogP contribution in [0.5, 0.6) is 0 Å². The highest BCUT2D eigenvalue weighted by Crippen LogP contribution is 2.44. The second kappa shape index (κ2) is 8.41.